The van der Waals surface area contributed by atoms with Crippen molar-refractivity contribution in [1.29, 1.82) is 0 Å². The average molecular weight is 241 g/mol. The van der Waals surface area contributed by atoms with Gasteiger partial charge in [-0.25, -0.2) is 9.18 Å². The van der Waals surface area contributed by atoms with Crippen molar-refractivity contribution in [2.75, 3.05) is 18.9 Å². The van der Waals surface area contributed by atoms with Crippen molar-refractivity contribution in [2.24, 2.45) is 0 Å². The lowest BCUT2D eigenvalue weighted by atomic mass is 10.3. The van der Waals surface area contributed by atoms with E-state index in [1.807, 2.05) is 6.92 Å². The highest BCUT2D eigenvalue weighted by molar-refractivity contribution is 5.71. The van der Waals surface area contributed by atoms with Crippen LogP contribution >= 0.6 is 0 Å². The molecule has 1 aromatic carbocycles. The number of benzene rings is 1. The Morgan fingerprint density at radius 2 is 2.24 bits per heavy atom. The lowest BCUT2D eigenvalue weighted by Gasteiger charge is -2.09. The van der Waals surface area contributed by atoms with Gasteiger partial charge in [-0.1, -0.05) is 19.4 Å². The van der Waals surface area contributed by atoms with Gasteiger partial charge in [-0.05, 0) is 18.6 Å². The van der Waals surface area contributed by atoms with E-state index in [-0.39, 0.29) is 18.0 Å². The minimum Gasteiger partial charge on any atom is -0.477 e. The van der Waals surface area contributed by atoms with Crippen molar-refractivity contribution in [3.63, 3.8) is 0 Å². The summed E-state index contributed by atoms with van der Waals surface area (Å²) in [6, 6.07) is 4.19. The highest BCUT2D eigenvalue weighted by atomic mass is 19.1. The molecular weight excluding hydrogens is 225 g/mol. The summed E-state index contributed by atoms with van der Waals surface area (Å²) in [5.74, 6) is -1.23. The van der Waals surface area contributed by atoms with Gasteiger partial charge >= 0.3 is 5.97 Å². The summed E-state index contributed by atoms with van der Waals surface area (Å²) in [5, 5.41) is 0. The third-order valence-electron chi connectivity index (χ3n) is 2.09. The van der Waals surface area contributed by atoms with Crippen LogP contribution in [0.3, 0.4) is 0 Å². The van der Waals surface area contributed by atoms with Crippen LogP contribution in [0.15, 0.2) is 18.2 Å². The molecule has 4 nitrogen and oxygen atoms in total. The molecule has 0 saturated carbocycles. The van der Waals surface area contributed by atoms with E-state index < -0.39 is 11.8 Å². The van der Waals surface area contributed by atoms with Crippen LogP contribution in [0.2, 0.25) is 0 Å². The molecule has 0 aliphatic heterocycles. The molecule has 0 aliphatic carbocycles. The van der Waals surface area contributed by atoms with Crippen molar-refractivity contribution in [2.45, 2.75) is 19.8 Å². The minimum absolute atomic E-state index is 0.111. The maximum atomic E-state index is 13.3. The first-order valence-corrected chi connectivity index (χ1v) is 5.47. The maximum absolute atomic E-state index is 13.3. The first-order valence-electron chi connectivity index (χ1n) is 5.47. The summed E-state index contributed by atoms with van der Waals surface area (Å²) in [4.78, 5) is 11.2. The van der Waals surface area contributed by atoms with Crippen molar-refractivity contribution >= 4 is 11.7 Å². The molecule has 0 saturated heterocycles. The van der Waals surface area contributed by atoms with Gasteiger partial charge in [-0.15, -0.1) is 0 Å². The summed E-state index contributed by atoms with van der Waals surface area (Å²) >= 11 is 0. The number of carbonyl (C=O) groups excluding carboxylic acids is 1. The van der Waals surface area contributed by atoms with Gasteiger partial charge in [-0.2, -0.15) is 0 Å². The zero-order valence-electron chi connectivity index (χ0n) is 9.74. The second-order valence-corrected chi connectivity index (χ2v) is 3.52. The van der Waals surface area contributed by atoms with Crippen molar-refractivity contribution in [3.8, 4) is 5.75 Å². The van der Waals surface area contributed by atoms with Crippen LogP contribution in [-0.4, -0.2) is 19.2 Å². The molecule has 2 N–H and O–H groups in total. The Labute approximate surface area is 99.5 Å². The molecule has 0 radical (unpaired) electrons. The van der Waals surface area contributed by atoms with Gasteiger partial charge in [0, 0.05) is 0 Å². The largest absolute Gasteiger partial charge is 0.477 e. The van der Waals surface area contributed by atoms with E-state index in [0.717, 1.165) is 12.8 Å². The molecule has 5 heteroatoms. The quantitative estimate of drug-likeness (QED) is 0.471. The van der Waals surface area contributed by atoms with E-state index in [9.17, 15) is 9.18 Å². The predicted molar refractivity (Wildman–Crippen MR) is 62.2 cm³/mol. The van der Waals surface area contributed by atoms with E-state index >= 15 is 0 Å². The van der Waals surface area contributed by atoms with Crippen molar-refractivity contribution in [3.05, 3.63) is 24.0 Å². The molecule has 17 heavy (non-hydrogen) atoms. The smallest absolute Gasteiger partial charge is 0.344 e. The summed E-state index contributed by atoms with van der Waals surface area (Å²) in [6.45, 7) is 2.00. The number of anilines is 1. The fraction of sp³-hybridized carbons (Fsp3) is 0.417. The fourth-order valence-corrected chi connectivity index (χ4v) is 1.18. The molecule has 1 rings (SSSR count). The first-order chi connectivity index (χ1) is 8.15. The number of nitrogens with two attached hydrogens (primary N) is 1. The molecule has 0 aliphatic rings. The SMILES string of the molecule is CCCCOC(=O)COc1c(N)cccc1F. The van der Waals surface area contributed by atoms with Gasteiger partial charge < -0.3 is 15.2 Å². The zero-order valence-corrected chi connectivity index (χ0v) is 9.74. The second kappa shape index (κ2) is 6.73. The van der Waals surface area contributed by atoms with Crippen LogP contribution in [0.25, 0.3) is 0 Å². The zero-order chi connectivity index (χ0) is 12.7. The molecule has 0 unspecified atom stereocenters. The monoisotopic (exact) mass is 241 g/mol. The van der Waals surface area contributed by atoms with Gasteiger partial charge in [-0.3, -0.25) is 0 Å². The number of unbranched alkanes of at least 4 members (excludes halogenated alkanes) is 1. The Kier molecular flexibility index (Phi) is 5.26. The molecule has 0 aromatic heterocycles. The molecular formula is C12H16FNO3. The van der Waals surface area contributed by atoms with Crippen LogP contribution in [0.1, 0.15) is 19.8 Å². The summed E-state index contributed by atoms with van der Waals surface area (Å²) in [6.07, 6.45) is 1.74. The Balaban J connectivity index is 2.42. The molecule has 0 bridgehead atoms. The van der Waals surface area contributed by atoms with Gasteiger partial charge in [0.2, 0.25) is 0 Å². The third-order valence-corrected chi connectivity index (χ3v) is 2.09. The molecule has 94 valence electrons. The standard InChI is InChI=1S/C12H16FNO3/c1-2-3-7-16-11(15)8-17-12-9(13)5-4-6-10(12)14/h4-6H,2-3,7-8,14H2,1H3. The number of esters is 1. The van der Waals surface area contributed by atoms with Crippen molar-refractivity contribution < 1.29 is 18.7 Å². The second-order valence-electron chi connectivity index (χ2n) is 3.52. The number of hydrogen-bond acceptors (Lipinski definition) is 4. The van der Waals surface area contributed by atoms with E-state index in [1.54, 1.807) is 0 Å². The molecule has 0 amide bonds. The highest BCUT2D eigenvalue weighted by Crippen LogP contribution is 2.24. The molecule has 1 aromatic rings. The van der Waals surface area contributed by atoms with Crippen molar-refractivity contribution in [1.82, 2.24) is 0 Å². The van der Waals surface area contributed by atoms with Crippen LogP contribution in [0.4, 0.5) is 10.1 Å². The number of para-hydroxylation sites is 1. The van der Waals surface area contributed by atoms with Crippen LogP contribution < -0.4 is 10.5 Å². The number of carbonyl (C=O) groups is 1. The van der Waals surface area contributed by atoms with E-state index in [1.165, 1.54) is 18.2 Å². The van der Waals surface area contributed by atoms with E-state index in [0.29, 0.717) is 6.61 Å². The Bertz CT molecular complexity index is 362. The van der Waals surface area contributed by atoms with Gasteiger partial charge in [0.25, 0.3) is 0 Å². The summed E-state index contributed by atoms with van der Waals surface area (Å²) in [7, 11) is 0. The predicted octanol–water partition coefficient (Wildman–Crippen LogP) is 2.13. The van der Waals surface area contributed by atoms with E-state index in [2.05, 4.69) is 0 Å². The minimum atomic E-state index is -0.591. The number of halogens is 1. The number of rotatable bonds is 6. The van der Waals surface area contributed by atoms with Crippen LogP contribution in [-0.2, 0) is 9.53 Å². The fourth-order valence-electron chi connectivity index (χ4n) is 1.18. The molecule has 0 heterocycles. The first kappa shape index (κ1) is 13.3. The summed E-state index contributed by atoms with van der Waals surface area (Å²) in [5.41, 5.74) is 5.67. The Morgan fingerprint density at radius 1 is 1.47 bits per heavy atom. The molecule has 0 atom stereocenters. The lowest BCUT2D eigenvalue weighted by Crippen LogP contribution is -2.16. The van der Waals surface area contributed by atoms with Gasteiger partial charge in [0.05, 0.1) is 12.3 Å². The highest BCUT2D eigenvalue weighted by Gasteiger charge is 2.10. The Hall–Kier alpha value is -1.78. The van der Waals surface area contributed by atoms with Gasteiger partial charge in [0.1, 0.15) is 0 Å². The van der Waals surface area contributed by atoms with Crippen LogP contribution in [0.5, 0.6) is 5.75 Å². The number of hydrogen-bond donors (Lipinski definition) is 1. The maximum Gasteiger partial charge on any atom is 0.344 e. The third kappa shape index (κ3) is 4.30. The number of ether oxygens (including phenoxy) is 2. The molecule has 0 fully saturated rings. The lowest BCUT2D eigenvalue weighted by molar-refractivity contribution is -0.146. The topological polar surface area (TPSA) is 61.5 Å². The molecule has 0 spiro atoms. The van der Waals surface area contributed by atoms with Crippen LogP contribution in [0, 0.1) is 5.82 Å². The summed E-state index contributed by atoms with van der Waals surface area (Å²) < 4.78 is 23.1. The van der Waals surface area contributed by atoms with Gasteiger partial charge in [0.15, 0.2) is 18.2 Å². The Morgan fingerprint density at radius 3 is 2.88 bits per heavy atom. The average Bonchev–Trinajstić information content (AvgIpc) is 2.29. The number of nitrogen functional groups attached to an aromatic ring is 1. The van der Waals surface area contributed by atoms with E-state index in [4.69, 9.17) is 15.2 Å². The normalized spacial score (nSPS) is 10.0.